The number of methoxy groups -OCH3 is 2. The number of hydrogen-bond acceptors (Lipinski definition) is 10. The summed E-state index contributed by atoms with van der Waals surface area (Å²) in [5.41, 5.74) is 10.7. The van der Waals surface area contributed by atoms with E-state index in [9.17, 15) is 24.3 Å². The largest absolute Gasteiger partial charge is 0.469 e. The van der Waals surface area contributed by atoms with E-state index in [1.54, 1.807) is 27.9 Å². The Morgan fingerprint density at radius 2 is 1.47 bits per heavy atom. The van der Waals surface area contributed by atoms with Crippen LogP contribution in [0.5, 0.6) is 0 Å². The number of amides is 3. The van der Waals surface area contributed by atoms with Crippen LogP contribution in [-0.2, 0) is 40.4 Å². The smallest absolute Gasteiger partial charge is 0.407 e. The van der Waals surface area contributed by atoms with Gasteiger partial charge in [-0.05, 0) is 125 Å². The SMILES string of the molecule is C=Cc1c(C)c2cc3nc(cc4[nH]c(cc5nc(cc1[nH]2)C(C)=C5CCC(=O)NCCNC(=O)OC(C)(C)C)c(CCC(=O)NCCO)c4C)C1(C)C3=CCC(COC)C1C(=O)OC.CC. The van der Waals surface area contributed by atoms with Crippen LogP contribution in [0.3, 0.4) is 0 Å². The Morgan fingerprint density at radius 3 is 2.12 bits per heavy atom. The number of nitrogens with zero attached hydrogens (tertiary/aromatic N) is 2. The third kappa shape index (κ3) is 11.1. The fourth-order valence-corrected chi connectivity index (χ4v) is 9.18. The van der Waals surface area contributed by atoms with E-state index in [1.165, 1.54) is 7.11 Å². The highest BCUT2D eigenvalue weighted by Gasteiger charge is 2.54. The molecule has 3 aromatic rings. The molecule has 15 heteroatoms. The van der Waals surface area contributed by atoms with E-state index < -0.39 is 23.0 Å². The molecule has 6 N–H and O–H groups in total. The molecule has 66 heavy (non-hydrogen) atoms. The summed E-state index contributed by atoms with van der Waals surface area (Å²) in [5, 5.41) is 17.7. The maximum Gasteiger partial charge on any atom is 0.407 e. The van der Waals surface area contributed by atoms with Gasteiger partial charge in [0.25, 0.3) is 0 Å². The third-order valence-corrected chi connectivity index (χ3v) is 12.4. The fraction of sp³-hybridized carbons (Fsp3) is 0.490. The number of aryl methyl sites for hydroxylation is 3. The van der Waals surface area contributed by atoms with Crippen LogP contribution >= 0.6 is 0 Å². The van der Waals surface area contributed by atoms with Crippen molar-refractivity contribution in [2.45, 2.75) is 105 Å². The van der Waals surface area contributed by atoms with Crippen molar-refractivity contribution in [3.05, 3.63) is 81.9 Å². The normalized spacial score (nSPS) is 17.7. The average molecular weight is 908 g/mol. The summed E-state index contributed by atoms with van der Waals surface area (Å²) < 4.78 is 16.4. The van der Waals surface area contributed by atoms with Crippen molar-refractivity contribution in [3.8, 4) is 0 Å². The maximum absolute atomic E-state index is 13.9. The first-order valence-corrected chi connectivity index (χ1v) is 22.9. The summed E-state index contributed by atoms with van der Waals surface area (Å²) in [7, 11) is 3.05. The molecule has 0 radical (unpaired) electrons. The Morgan fingerprint density at radius 1 is 0.848 bits per heavy atom. The summed E-state index contributed by atoms with van der Waals surface area (Å²) in [6.45, 7) is 22.4. The molecule has 0 aromatic carbocycles. The highest BCUT2D eigenvalue weighted by atomic mass is 16.6. The van der Waals surface area contributed by atoms with Gasteiger partial charge >= 0.3 is 12.1 Å². The van der Waals surface area contributed by atoms with Gasteiger partial charge in [0.05, 0.1) is 54.4 Å². The Kier molecular flexibility index (Phi) is 16.9. The number of aromatic amines is 2. The number of ether oxygens (including phenoxy) is 3. The highest BCUT2D eigenvalue weighted by Crippen LogP contribution is 2.54. The zero-order chi connectivity index (χ0) is 48.5. The molecule has 6 rings (SSSR count). The van der Waals surface area contributed by atoms with Gasteiger partial charge < -0.3 is 45.2 Å². The second-order valence-corrected chi connectivity index (χ2v) is 17.8. The topological polar surface area (TPSA) is 210 Å². The molecular weight excluding hydrogens is 839 g/mol. The van der Waals surface area contributed by atoms with Gasteiger partial charge in [-0.3, -0.25) is 19.4 Å². The van der Waals surface area contributed by atoms with E-state index in [4.69, 9.17) is 24.2 Å². The number of allylic oxidation sites excluding steroid dienone is 4. The Bertz CT molecular complexity index is 2560. The van der Waals surface area contributed by atoms with Crippen LogP contribution in [-0.4, -0.2) is 102 Å². The van der Waals surface area contributed by atoms with E-state index in [1.807, 2.05) is 65.0 Å². The van der Waals surface area contributed by atoms with Gasteiger partial charge in [-0.25, -0.2) is 9.78 Å². The Labute approximate surface area is 388 Å². The van der Waals surface area contributed by atoms with Gasteiger partial charge in [0.15, 0.2) is 0 Å². The predicted molar refractivity (Wildman–Crippen MR) is 260 cm³/mol. The van der Waals surface area contributed by atoms with E-state index >= 15 is 0 Å². The fourth-order valence-electron chi connectivity index (χ4n) is 9.18. The zero-order valence-corrected chi connectivity index (χ0v) is 40.6. The summed E-state index contributed by atoms with van der Waals surface area (Å²) in [6.07, 6.45) is 5.12. The Hall–Kier alpha value is -6.06. The van der Waals surface area contributed by atoms with Crippen molar-refractivity contribution in [2.24, 2.45) is 11.8 Å². The minimum Gasteiger partial charge on any atom is -0.469 e. The van der Waals surface area contributed by atoms with Crippen LogP contribution in [0.1, 0.15) is 119 Å². The van der Waals surface area contributed by atoms with Gasteiger partial charge in [-0.15, -0.1) is 0 Å². The summed E-state index contributed by atoms with van der Waals surface area (Å²) in [5.74, 6) is -1.50. The lowest BCUT2D eigenvalue weighted by Gasteiger charge is -2.41. The molecule has 0 saturated carbocycles. The van der Waals surface area contributed by atoms with E-state index in [-0.39, 0.29) is 62.8 Å². The van der Waals surface area contributed by atoms with E-state index in [2.05, 4.69) is 45.5 Å². The van der Waals surface area contributed by atoms with Crippen molar-refractivity contribution >= 4 is 68.7 Å². The number of hydrogen-bond donors (Lipinski definition) is 6. The van der Waals surface area contributed by atoms with Crippen LogP contribution in [0.25, 0.3) is 44.9 Å². The van der Waals surface area contributed by atoms with Crippen LogP contribution in [0.4, 0.5) is 4.79 Å². The second-order valence-electron chi connectivity index (χ2n) is 17.8. The molecule has 0 saturated heterocycles. The number of carbonyl (C=O) groups excluding carboxylic acids is 4. The van der Waals surface area contributed by atoms with Gasteiger partial charge in [-0.2, -0.15) is 0 Å². The van der Waals surface area contributed by atoms with Crippen molar-refractivity contribution in [2.75, 3.05) is 47.1 Å². The summed E-state index contributed by atoms with van der Waals surface area (Å²) in [6, 6.07) is 8.00. The van der Waals surface area contributed by atoms with Crippen molar-refractivity contribution < 1.29 is 38.5 Å². The third-order valence-electron chi connectivity index (χ3n) is 12.4. The molecule has 3 amide bonds. The minimum absolute atomic E-state index is 0.154. The molecule has 8 bridgehead atoms. The second kappa shape index (κ2) is 22.0. The van der Waals surface area contributed by atoms with Gasteiger partial charge in [0, 0.05) is 73.1 Å². The predicted octanol–water partition coefficient (Wildman–Crippen LogP) is 7.79. The summed E-state index contributed by atoms with van der Waals surface area (Å²) >= 11 is 0. The molecule has 3 aromatic heterocycles. The molecule has 1 aliphatic carbocycles. The highest BCUT2D eigenvalue weighted by molar-refractivity contribution is 5.95. The number of aliphatic hydroxyl groups is 1. The molecule has 3 aliphatic rings. The van der Waals surface area contributed by atoms with E-state index in [0.29, 0.717) is 43.0 Å². The van der Waals surface area contributed by atoms with Crippen molar-refractivity contribution in [1.29, 1.82) is 0 Å². The van der Waals surface area contributed by atoms with Gasteiger partial charge in [0.1, 0.15) is 5.60 Å². The first kappa shape index (κ1) is 50.9. The first-order valence-electron chi connectivity index (χ1n) is 22.9. The summed E-state index contributed by atoms with van der Waals surface area (Å²) in [4.78, 5) is 69.9. The number of alkyl carbamates (subject to hydrolysis) is 1. The zero-order valence-electron chi connectivity index (χ0n) is 40.6. The van der Waals surface area contributed by atoms with Crippen molar-refractivity contribution in [3.63, 3.8) is 0 Å². The average Bonchev–Trinajstić information content (AvgIpc) is 3.93. The molecular formula is C51H69N7O8. The van der Waals surface area contributed by atoms with Gasteiger partial charge in [-0.1, -0.05) is 32.6 Å². The number of esters is 1. The maximum atomic E-state index is 13.9. The molecule has 3 unspecified atom stereocenters. The molecule has 3 atom stereocenters. The molecule has 5 heterocycles. The quantitative estimate of drug-likeness (QED) is 0.0644. The van der Waals surface area contributed by atoms with Crippen LogP contribution in [0.2, 0.25) is 0 Å². The molecule has 2 aliphatic heterocycles. The number of carbonyl (C=O) groups is 4. The standard InChI is InChI=1S/C49H63N7O8.C2H6/c1-11-31-27(2)36-23-41-34-15-12-30(26-62-9)45(46(60)63-10)49(34,8)42(56-41)25-37-29(4)33(14-17-44(59)51-20-21-57)40(55-37)24-39-32(28(3)35(54-39)22-38(31)53-36)13-16-43(58)50-18-19-52-47(61)64-48(5,6)7;1-2/h11,15,22-25,30,45,53,55,57H,1,12-14,16-21,26H2,2-10H3,(H,50,58)(H,51,59)(H,52,61);1-2H3. The Balaban J connectivity index is 0.00000403. The number of nitrogens with one attached hydrogen (secondary N) is 5. The van der Waals surface area contributed by atoms with Gasteiger partial charge in [0.2, 0.25) is 11.8 Å². The van der Waals surface area contributed by atoms with E-state index in [0.717, 1.165) is 66.7 Å². The number of rotatable bonds is 15. The molecule has 0 fully saturated rings. The van der Waals surface area contributed by atoms with Crippen LogP contribution < -0.4 is 16.0 Å². The van der Waals surface area contributed by atoms with Crippen LogP contribution in [0, 0.1) is 25.7 Å². The van der Waals surface area contributed by atoms with Crippen molar-refractivity contribution in [1.82, 2.24) is 35.9 Å². The molecule has 0 spiro atoms. The number of fused-ring (bicyclic) bond motifs is 11. The minimum atomic E-state index is -0.894. The lowest BCUT2D eigenvalue weighted by atomic mass is 9.61. The monoisotopic (exact) mass is 908 g/mol. The molecule has 15 nitrogen and oxygen atoms in total. The molecule has 356 valence electrons. The van der Waals surface area contributed by atoms with Crippen LogP contribution in [0.15, 0.2) is 36.9 Å². The lowest BCUT2D eigenvalue weighted by molar-refractivity contribution is -0.150. The number of aliphatic hydroxyl groups excluding tert-OH is 1. The first-order chi connectivity index (χ1) is 31.4. The number of aromatic nitrogens is 4. The number of H-pyrrole nitrogens is 2. The lowest BCUT2D eigenvalue weighted by Crippen LogP contribution is -2.45.